The summed E-state index contributed by atoms with van der Waals surface area (Å²) in [6.07, 6.45) is 1.95. The maximum atomic E-state index is 10.4. The van der Waals surface area contributed by atoms with Crippen molar-refractivity contribution in [3.63, 3.8) is 0 Å². The molecule has 3 N–H and O–H groups in total. The van der Waals surface area contributed by atoms with Crippen molar-refractivity contribution in [2.75, 3.05) is 6.54 Å². The lowest BCUT2D eigenvalue weighted by Gasteiger charge is -2.23. The maximum absolute atomic E-state index is 10.4. The number of hydrogen-bond donors (Lipinski definition) is 2. The van der Waals surface area contributed by atoms with E-state index in [4.69, 9.17) is 5.73 Å². The van der Waals surface area contributed by atoms with E-state index in [1.807, 2.05) is 0 Å². The number of nitrogens with two attached hydrogens (primary N) is 1. The third-order valence-electron chi connectivity index (χ3n) is 1.85. The van der Waals surface area contributed by atoms with Gasteiger partial charge in [0.25, 0.3) is 0 Å². The normalized spacial score (nSPS) is 11.2. The Morgan fingerprint density at radius 2 is 2.00 bits per heavy atom. The number of nitrogens with one attached hydrogen (secondary N) is 1. The van der Waals surface area contributed by atoms with Gasteiger partial charge in [0.2, 0.25) is 0 Å². The van der Waals surface area contributed by atoms with Crippen LogP contribution in [0.5, 0.6) is 0 Å². The SMILES string of the molecule is CCC(Br)(CC)CNC(N)=O. The molecule has 11 heavy (non-hydrogen) atoms. The van der Waals surface area contributed by atoms with E-state index in [1.165, 1.54) is 0 Å². The molecule has 0 saturated heterocycles. The lowest BCUT2D eigenvalue weighted by molar-refractivity contribution is 0.247. The molecular formula is C7H15BrN2O. The molecule has 0 aromatic rings. The zero-order valence-electron chi connectivity index (χ0n) is 6.98. The van der Waals surface area contributed by atoms with Crippen LogP contribution in [0.15, 0.2) is 0 Å². The number of amides is 2. The molecule has 0 unspecified atom stereocenters. The topological polar surface area (TPSA) is 55.1 Å². The number of carbonyl (C=O) groups excluding carboxylic acids is 1. The monoisotopic (exact) mass is 222 g/mol. The first-order valence-corrected chi connectivity index (χ1v) is 4.55. The van der Waals surface area contributed by atoms with Crippen molar-refractivity contribution in [2.45, 2.75) is 31.0 Å². The summed E-state index contributed by atoms with van der Waals surface area (Å²) in [5.74, 6) is 0. The molecule has 0 rings (SSSR count). The highest BCUT2D eigenvalue weighted by Crippen LogP contribution is 2.24. The first-order valence-electron chi connectivity index (χ1n) is 3.76. The van der Waals surface area contributed by atoms with E-state index in [-0.39, 0.29) is 4.32 Å². The number of urea groups is 1. The summed E-state index contributed by atoms with van der Waals surface area (Å²) in [4.78, 5) is 10.4. The molecule has 0 bridgehead atoms. The Labute approximate surface area is 75.8 Å². The van der Waals surface area contributed by atoms with Crippen LogP contribution in [0, 0.1) is 0 Å². The van der Waals surface area contributed by atoms with Crippen LogP contribution in [-0.4, -0.2) is 16.9 Å². The molecular weight excluding hydrogens is 208 g/mol. The molecule has 2 amide bonds. The van der Waals surface area contributed by atoms with Gasteiger partial charge in [-0.1, -0.05) is 29.8 Å². The van der Waals surface area contributed by atoms with Gasteiger partial charge in [-0.3, -0.25) is 0 Å². The molecule has 66 valence electrons. The van der Waals surface area contributed by atoms with E-state index in [9.17, 15) is 4.79 Å². The summed E-state index contributed by atoms with van der Waals surface area (Å²) < 4.78 is 0.0159. The minimum absolute atomic E-state index is 0.0159. The second-order valence-corrected chi connectivity index (χ2v) is 4.26. The van der Waals surface area contributed by atoms with Crippen molar-refractivity contribution in [3.05, 3.63) is 0 Å². The smallest absolute Gasteiger partial charge is 0.312 e. The van der Waals surface area contributed by atoms with Gasteiger partial charge in [-0.2, -0.15) is 0 Å². The molecule has 0 aromatic carbocycles. The molecule has 0 aliphatic carbocycles. The predicted molar refractivity (Wildman–Crippen MR) is 49.8 cm³/mol. The molecule has 0 aliphatic heterocycles. The summed E-state index contributed by atoms with van der Waals surface area (Å²) in [7, 11) is 0. The van der Waals surface area contributed by atoms with Crippen LogP contribution in [0.4, 0.5) is 4.79 Å². The van der Waals surface area contributed by atoms with Crippen LogP contribution in [0.25, 0.3) is 0 Å². The average molecular weight is 223 g/mol. The van der Waals surface area contributed by atoms with Crippen molar-refractivity contribution in [1.29, 1.82) is 0 Å². The van der Waals surface area contributed by atoms with Crippen LogP contribution in [0.3, 0.4) is 0 Å². The minimum atomic E-state index is -0.462. The molecule has 0 saturated carbocycles. The van der Waals surface area contributed by atoms with E-state index < -0.39 is 6.03 Å². The third kappa shape index (κ3) is 4.24. The van der Waals surface area contributed by atoms with Gasteiger partial charge in [-0.15, -0.1) is 0 Å². The second kappa shape index (κ2) is 4.59. The fourth-order valence-electron chi connectivity index (χ4n) is 0.746. The lowest BCUT2D eigenvalue weighted by atomic mass is 10.0. The minimum Gasteiger partial charge on any atom is -0.352 e. The van der Waals surface area contributed by atoms with Crippen LogP contribution < -0.4 is 11.1 Å². The van der Waals surface area contributed by atoms with Gasteiger partial charge in [0.1, 0.15) is 0 Å². The van der Waals surface area contributed by atoms with Crippen LogP contribution >= 0.6 is 15.9 Å². The highest BCUT2D eigenvalue weighted by atomic mass is 79.9. The summed E-state index contributed by atoms with van der Waals surface area (Å²) in [6.45, 7) is 4.73. The van der Waals surface area contributed by atoms with Crippen LogP contribution in [0.2, 0.25) is 0 Å². The van der Waals surface area contributed by atoms with Gasteiger partial charge in [0, 0.05) is 10.9 Å². The Morgan fingerprint density at radius 3 is 2.27 bits per heavy atom. The fraction of sp³-hybridized carbons (Fsp3) is 0.857. The number of halogens is 1. The number of hydrogen-bond acceptors (Lipinski definition) is 1. The highest BCUT2D eigenvalue weighted by molar-refractivity contribution is 9.10. The molecule has 4 heteroatoms. The zero-order valence-corrected chi connectivity index (χ0v) is 8.57. The maximum Gasteiger partial charge on any atom is 0.312 e. The summed E-state index contributed by atoms with van der Waals surface area (Å²) in [5, 5.41) is 2.58. The Hall–Kier alpha value is -0.250. The van der Waals surface area contributed by atoms with Gasteiger partial charge in [-0.05, 0) is 12.8 Å². The Bertz CT molecular complexity index is 134. The summed E-state index contributed by atoms with van der Waals surface area (Å²) >= 11 is 3.54. The quantitative estimate of drug-likeness (QED) is 0.699. The van der Waals surface area contributed by atoms with E-state index >= 15 is 0 Å². The molecule has 3 nitrogen and oxygen atoms in total. The van der Waals surface area contributed by atoms with Crippen molar-refractivity contribution >= 4 is 22.0 Å². The average Bonchev–Trinajstić information content (AvgIpc) is 2.00. The zero-order chi connectivity index (χ0) is 8.91. The molecule has 0 fully saturated rings. The second-order valence-electron chi connectivity index (χ2n) is 2.58. The first kappa shape index (κ1) is 10.8. The molecule has 0 atom stereocenters. The Morgan fingerprint density at radius 1 is 1.55 bits per heavy atom. The molecule has 0 spiro atoms. The van der Waals surface area contributed by atoms with Crippen LogP contribution in [-0.2, 0) is 0 Å². The predicted octanol–water partition coefficient (Wildman–Crippen LogP) is 1.61. The number of alkyl halides is 1. The Kier molecular flexibility index (Phi) is 4.49. The van der Waals surface area contributed by atoms with Crippen molar-refractivity contribution < 1.29 is 4.79 Å². The standard InChI is InChI=1S/C7H15BrN2O/c1-3-7(8,4-2)5-10-6(9)11/h3-5H2,1-2H3,(H3,9,10,11). The summed E-state index contributed by atoms with van der Waals surface area (Å²) in [5.41, 5.74) is 4.94. The highest BCUT2D eigenvalue weighted by Gasteiger charge is 2.21. The van der Waals surface area contributed by atoms with E-state index in [0.29, 0.717) is 6.54 Å². The Balaban J connectivity index is 3.78. The largest absolute Gasteiger partial charge is 0.352 e. The van der Waals surface area contributed by atoms with E-state index in [0.717, 1.165) is 12.8 Å². The lowest BCUT2D eigenvalue weighted by Crippen LogP contribution is -2.40. The van der Waals surface area contributed by atoms with E-state index in [2.05, 4.69) is 35.1 Å². The van der Waals surface area contributed by atoms with Gasteiger partial charge >= 0.3 is 6.03 Å². The third-order valence-corrected chi connectivity index (χ3v) is 3.25. The van der Waals surface area contributed by atoms with Gasteiger partial charge < -0.3 is 11.1 Å². The van der Waals surface area contributed by atoms with Crippen molar-refractivity contribution in [2.24, 2.45) is 5.73 Å². The van der Waals surface area contributed by atoms with Crippen molar-refractivity contribution in [1.82, 2.24) is 5.32 Å². The number of carbonyl (C=O) groups is 1. The first-order chi connectivity index (χ1) is 5.04. The van der Waals surface area contributed by atoms with Gasteiger partial charge in [0.15, 0.2) is 0 Å². The van der Waals surface area contributed by atoms with Gasteiger partial charge in [-0.25, -0.2) is 4.79 Å². The molecule has 0 radical (unpaired) electrons. The number of primary amides is 1. The van der Waals surface area contributed by atoms with E-state index in [1.54, 1.807) is 0 Å². The van der Waals surface area contributed by atoms with Crippen molar-refractivity contribution in [3.8, 4) is 0 Å². The number of rotatable bonds is 4. The van der Waals surface area contributed by atoms with Crippen LogP contribution in [0.1, 0.15) is 26.7 Å². The molecule has 0 heterocycles. The summed E-state index contributed by atoms with van der Waals surface area (Å²) in [6, 6.07) is -0.462. The molecule has 0 aliphatic rings. The van der Waals surface area contributed by atoms with Gasteiger partial charge in [0.05, 0.1) is 0 Å². The molecule has 0 aromatic heterocycles. The fourth-order valence-corrected chi connectivity index (χ4v) is 0.886.